The zero-order valence-electron chi connectivity index (χ0n) is 15.4. The number of hydrogen-bond acceptors (Lipinski definition) is 4. The summed E-state index contributed by atoms with van der Waals surface area (Å²) in [5.74, 6) is -1.86. The van der Waals surface area contributed by atoms with E-state index in [1.165, 1.54) is 30.3 Å². The number of carbonyl (C=O) groups excluding carboxylic acids is 2. The molecule has 1 heterocycles. The standard InChI is InChI=1S/C19H17F3N4O3/c1-10(2)23-18(28)25-12-5-3-4-11(8-12)16(27)24-13-6-7-15-14(9-13)26-17(29-15)19(20,21)22/h3-10H,1-2H3,(H,24,27)(H2,23,25,28). The molecule has 7 nitrogen and oxygen atoms in total. The monoisotopic (exact) mass is 406 g/mol. The zero-order valence-corrected chi connectivity index (χ0v) is 15.4. The molecule has 0 radical (unpaired) electrons. The first kappa shape index (κ1) is 20.2. The molecule has 0 aliphatic carbocycles. The van der Waals surface area contributed by atoms with E-state index in [1.54, 1.807) is 12.1 Å². The Hall–Kier alpha value is -3.56. The van der Waals surface area contributed by atoms with E-state index >= 15 is 0 Å². The number of benzene rings is 2. The number of oxazole rings is 1. The number of amides is 3. The number of rotatable bonds is 4. The Morgan fingerprint density at radius 1 is 1.03 bits per heavy atom. The molecule has 0 aliphatic rings. The van der Waals surface area contributed by atoms with Gasteiger partial charge in [0.1, 0.15) is 5.52 Å². The highest BCUT2D eigenvalue weighted by Gasteiger charge is 2.37. The van der Waals surface area contributed by atoms with Crippen molar-refractivity contribution >= 4 is 34.4 Å². The number of nitrogens with zero attached hydrogens (tertiary/aromatic N) is 1. The van der Waals surface area contributed by atoms with Crippen LogP contribution in [0, 0.1) is 0 Å². The van der Waals surface area contributed by atoms with Gasteiger partial charge in [0, 0.05) is 23.0 Å². The van der Waals surface area contributed by atoms with Crippen molar-refractivity contribution in [3.05, 3.63) is 53.9 Å². The minimum Gasteiger partial charge on any atom is -0.433 e. The lowest BCUT2D eigenvalue weighted by atomic mass is 10.2. The van der Waals surface area contributed by atoms with Crippen molar-refractivity contribution in [1.29, 1.82) is 0 Å². The molecule has 29 heavy (non-hydrogen) atoms. The third-order valence-corrected chi connectivity index (χ3v) is 3.69. The van der Waals surface area contributed by atoms with Crippen molar-refractivity contribution in [2.45, 2.75) is 26.1 Å². The Labute approximate surface area is 163 Å². The van der Waals surface area contributed by atoms with Gasteiger partial charge >= 0.3 is 18.1 Å². The molecule has 10 heteroatoms. The minimum absolute atomic E-state index is 0.0316. The molecule has 3 amide bonds. The van der Waals surface area contributed by atoms with E-state index in [4.69, 9.17) is 0 Å². The average Bonchev–Trinajstić information content (AvgIpc) is 3.05. The molecule has 152 valence electrons. The Morgan fingerprint density at radius 2 is 1.76 bits per heavy atom. The second-order valence-electron chi connectivity index (χ2n) is 6.49. The smallest absolute Gasteiger partial charge is 0.433 e. The number of fused-ring (bicyclic) bond motifs is 1. The predicted molar refractivity (Wildman–Crippen MR) is 101 cm³/mol. The van der Waals surface area contributed by atoms with Gasteiger partial charge in [-0.15, -0.1) is 0 Å². The van der Waals surface area contributed by atoms with E-state index in [2.05, 4.69) is 25.4 Å². The van der Waals surface area contributed by atoms with Crippen molar-refractivity contribution in [2.24, 2.45) is 0 Å². The molecule has 3 rings (SSSR count). The van der Waals surface area contributed by atoms with Crippen LogP contribution in [0.1, 0.15) is 30.1 Å². The van der Waals surface area contributed by atoms with E-state index in [-0.39, 0.29) is 28.4 Å². The molecule has 0 spiro atoms. The van der Waals surface area contributed by atoms with Crippen LogP contribution in [-0.2, 0) is 6.18 Å². The average molecular weight is 406 g/mol. The largest absolute Gasteiger partial charge is 0.468 e. The molecule has 3 N–H and O–H groups in total. The van der Waals surface area contributed by atoms with E-state index < -0.39 is 24.0 Å². The Morgan fingerprint density at radius 3 is 2.45 bits per heavy atom. The van der Waals surface area contributed by atoms with Crippen LogP contribution in [-0.4, -0.2) is 23.0 Å². The fourth-order valence-corrected chi connectivity index (χ4v) is 2.50. The highest BCUT2D eigenvalue weighted by molar-refractivity contribution is 6.05. The maximum Gasteiger partial charge on any atom is 0.468 e. The maximum absolute atomic E-state index is 12.7. The molecule has 0 fully saturated rings. The molecule has 1 aromatic heterocycles. The summed E-state index contributed by atoms with van der Waals surface area (Å²) in [5, 5.41) is 7.86. The minimum atomic E-state index is -4.70. The van der Waals surface area contributed by atoms with Crippen LogP contribution in [0.15, 0.2) is 46.9 Å². The molecule has 0 aliphatic heterocycles. The number of aromatic nitrogens is 1. The van der Waals surface area contributed by atoms with Crippen molar-refractivity contribution < 1.29 is 27.2 Å². The summed E-state index contributed by atoms with van der Waals surface area (Å²) in [7, 11) is 0. The van der Waals surface area contributed by atoms with Gasteiger partial charge in [0.05, 0.1) is 0 Å². The van der Waals surface area contributed by atoms with Crippen LogP contribution in [0.3, 0.4) is 0 Å². The Balaban J connectivity index is 1.74. The highest BCUT2D eigenvalue weighted by Crippen LogP contribution is 2.31. The molecule has 0 atom stereocenters. The first-order chi connectivity index (χ1) is 13.6. The molecular formula is C19H17F3N4O3. The van der Waals surface area contributed by atoms with Gasteiger partial charge in [-0.1, -0.05) is 6.07 Å². The van der Waals surface area contributed by atoms with Crippen molar-refractivity contribution in [2.75, 3.05) is 10.6 Å². The summed E-state index contributed by atoms with van der Waals surface area (Å²) in [6, 6.07) is 9.76. The fraction of sp³-hybridized carbons (Fsp3) is 0.211. The quantitative estimate of drug-likeness (QED) is 0.589. The van der Waals surface area contributed by atoms with Gasteiger partial charge in [-0.05, 0) is 50.2 Å². The molecule has 0 bridgehead atoms. The van der Waals surface area contributed by atoms with Crippen molar-refractivity contribution in [3.63, 3.8) is 0 Å². The lowest BCUT2D eigenvalue weighted by Gasteiger charge is -2.11. The highest BCUT2D eigenvalue weighted by atomic mass is 19.4. The van der Waals surface area contributed by atoms with Crippen LogP contribution in [0.5, 0.6) is 0 Å². The molecule has 2 aromatic carbocycles. The van der Waals surface area contributed by atoms with E-state index in [0.717, 1.165) is 0 Å². The first-order valence-corrected chi connectivity index (χ1v) is 8.58. The number of halogens is 3. The SMILES string of the molecule is CC(C)NC(=O)Nc1cccc(C(=O)Nc2ccc3oc(C(F)(F)F)nc3c2)c1. The molecule has 3 aromatic rings. The van der Waals surface area contributed by atoms with E-state index in [9.17, 15) is 22.8 Å². The fourth-order valence-electron chi connectivity index (χ4n) is 2.50. The number of carbonyl (C=O) groups is 2. The van der Waals surface area contributed by atoms with Gasteiger partial charge in [0.15, 0.2) is 5.58 Å². The van der Waals surface area contributed by atoms with Crippen LogP contribution < -0.4 is 16.0 Å². The summed E-state index contributed by atoms with van der Waals surface area (Å²) in [5.41, 5.74) is 0.843. The topological polar surface area (TPSA) is 96.3 Å². The second-order valence-corrected chi connectivity index (χ2v) is 6.49. The second kappa shape index (κ2) is 7.82. The third-order valence-electron chi connectivity index (χ3n) is 3.69. The van der Waals surface area contributed by atoms with Crippen LogP contribution in [0.25, 0.3) is 11.1 Å². The molecule has 0 unspecified atom stereocenters. The van der Waals surface area contributed by atoms with Crippen molar-refractivity contribution in [3.8, 4) is 0 Å². The van der Waals surface area contributed by atoms with Crippen molar-refractivity contribution in [1.82, 2.24) is 10.3 Å². The Kier molecular flexibility index (Phi) is 5.44. The summed E-state index contributed by atoms with van der Waals surface area (Å²) < 4.78 is 42.7. The maximum atomic E-state index is 12.7. The first-order valence-electron chi connectivity index (χ1n) is 8.58. The van der Waals surface area contributed by atoms with Crippen LogP contribution in [0.4, 0.5) is 29.3 Å². The van der Waals surface area contributed by atoms with Gasteiger partial charge in [-0.2, -0.15) is 13.2 Å². The van der Waals surface area contributed by atoms with Gasteiger partial charge in [-0.25, -0.2) is 9.78 Å². The number of alkyl halides is 3. The number of anilines is 2. The van der Waals surface area contributed by atoms with E-state index in [0.29, 0.717) is 5.69 Å². The van der Waals surface area contributed by atoms with Gasteiger partial charge < -0.3 is 20.4 Å². The lowest BCUT2D eigenvalue weighted by Crippen LogP contribution is -2.34. The normalized spacial score (nSPS) is 11.5. The summed E-state index contributed by atoms with van der Waals surface area (Å²) in [6.45, 7) is 3.62. The number of urea groups is 1. The van der Waals surface area contributed by atoms with Gasteiger partial charge in [0.25, 0.3) is 5.91 Å². The lowest BCUT2D eigenvalue weighted by molar-refractivity contribution is -0.156. The third kappa shape index (κ3) is 5.03. The number of hydrogen-bond donors (Lipinski definition) is 3. The summed E-state index contributed by atoms with van der Waals surface area (Å²) in [6.07, 6.45) is -4.70. The predicted octanol–water partition coefficient (Wildman–Crippen LogP) is 4.63. The summed E-state index contributed by atoms with van der Waals surface area (Å²) in [4.78, 5) is 27.6. The number of nitrogens with one attached hydrogen (secondary N) is 3. The van der Waals surface area contributed by atoms with Gasteiger partial charge in [0.2, 0.25) is 0 Å². The summed E-state index contributed by atoms with van der Waals surface area (Å²) >= 11 is 0. The molecule has 0 saturated heterocycles. The molecule has 0 saturated carbocycles. The zero-order chi connectivity index (χ0) is 21.2. The Bertz CT molecular complexity index is 1060. The van der Waals surface area contributed by atoms with Gasteiger partial charge in [-0.3, -0.25) is 4.79 Å². The van der Waals surface area contributed by atoms with Crippen LogP contribution >= 0.6 is 0 Å². The molecular weight excluding hydrogens is 389 g/mol. The van der Waals surface area contributed by atoms with E-state index in [1.807, 2.05) is 13.8 Å². The van der Waals surface area contributed by atoms with Crippen LogP contribution in [0.2, 0.25) is 0 Å².